The summed E-state index contributed by atoms with van der Waals surface area (Å²) >= 11 is 0. The van der Waals surface area contributed by atoms with E-state index in [2.05, 4.69) is 17.3 Å². The molecule has 1 aromatic rings. The number of benzene rings is 1. The number of likely N-dealkylation sites (tertiary alicyclic amines) is 1. The van der Waals surface area contributed by atoms with Gasteiger partial charge in [-0.2, -0.15) is 0 Å². The molecule has 0 aliphatic carbocycles. The van der Waals surface area contributed by atoms with E-state index in [1.807, 2.05) is 31.2 Å². The van der Waals surface area contributed by atoms with Crippen molar-refractivity contribution in [3.8, 4) is 5.75 Å². The lowest BCUT2D eigenvalue weighted by Gasteiger charge is -2.29. The highest BCUT2D eigenvalue weighted by atomic mass is 16.5. The largest absolute Gasteiger partial charge is 0.493 e. The van der Waals surface area contributed by atoms with E-state index in [0.717, 1.165) is 19.5 Å². The van der Waals surface area contributed by atoms with Gasteiger partial charge in [-0.05, 0) is 38.9 Å². The monoisotopic (exact) mass is 330 g/mol. The second-order valence-corrected chi connectivity index (χ2v) is 7.37. The first kappa shape index (κ1) is 15.9. The van der Waals surface area contributed by atoms with E-state index < -0.39 is 0 Å². The van der Waals surface area contributed by atoms with Crippen molar-refractivity contribution in [1.82, 2.24) is 10.2 Å². The molecule has 4 atom stereocenters. The van der Waals surface area contributed by atoms with Crippen molar-refractivity contribution >= 4 is 5.91 Å². The fraction of sp³-hybridized carbons (Fsp3) is 0.632. The van der Waals surface area contributed by atoms with Crippen LogP contribution in [0.4, 0.5) is 0 Å². The highest BCUT2D eigenvalue weighted by Crippen LogP contribution is 2.54. The Bertz CT molecular complexity index is 635. The minimum atomic E-state index is -0.0535. The SMILES string of the molecule is CCOc1ccccc1C(=O)NC[C@H]1[C@H]2CN(C)C[C@]23CC[C@H]1O3. The molecule has 3 fully saturated rings. The number of carbonyl (C=O) groups is 1. The van der Waals surface area contributed by atoms with Crippen molar-refractivity contribution in [3.05, 3.63) is 29.8 Å². The Morgan fingerprint density at radius 3 is 3.12 bits per heavy atom. The third kappa shape index (κ3) is 2.50. The van der Waals surface area contributed by atoms with E-state index in [-0.39, 0.29) is 11.5 Å². The number of amides is 1. The molecular weight excluding hydrogens is 304 g/mol. The number of rotatable bonds is 5. The van der Waals surface area contributed by atoms with Crippen LogP contribution in [0.1, 0.15) is 30.1 Å². The van der Waals surface area contributed by atoms with Crippen molar-refractivity contribution in [3.63, 3.8) is 0 Å². The molecule has 5 heteroatoms. The summed E-state index contributed by atoms with van der Waals surface area (Å²) < 4.78 is 11.9. The Morgan fingerprint density at radius 1 is 1.46 bits per heavy atom. The first-order valence-electron chi connectivity index (χ1n) is 8.99. The molecule has 1 N–H and O–H groups in total. The van der Waals surface area contributed by atoms with E-state index in [4.69, 9.17) is 9.47 Å². The molecular formula is C19H26N2O3. The Balaban J connectivity index is 1.43. The predicted molar refractivity (Wildman–Crippen MR) is 91.3 cm³/mol. The Kier molecular flexibility index (Phi) is 4.01. The van der Waals surface area contributed by atoms with Gasteiger partial charge in [0.05, 0.1) is 23.9 Å². The summed E-state index contributed by atoms with van der Waals surface area (Å²) in [5.41, 5.74) is 0.666. The van der Waals surface area contributed by atoms with Crippen molar-refractivity contribution in [2.45, 2.75) is 31.5 Å². The molecule has 3 heterocycles. The van der Waals surface area contributed by atoms with Crippen LogP contribution in [0, 0.1) is 11.8 Å². The van der Waals surface area contributed by atoms with E-state index in [0.29, 0.717) is 42.4 Å². The summed E-state index contributed by atoms with van der Waals surface area (Å²) in [5.74, 6) is 1.57. The molecule has 1 amide bonds. The van der Waals surface area contributed by atoms with Gasteiger partial charge in [-0.3, -0.25) is 4.79 Å². The summed E-state index contributed by atoms with van der Waals surface area (Å²) in [6.07, 6.45) is 2.61. The number of nitrogens with zero attached hydrogens (tertiary/aromatic N) is 1. The average Bonchev–Trinajstić information content (AvgIpc) is 3.20. The lowest BCUT2D eigenvalue weighted by Crippen LogP contribution is -2.42. The van der Waals surface area contributed by atoms with Crippen LogP contribution in [0.15, 0.2) is 24.3 Å². The van der Waals surface area contributed by atoms with Gasteiger partial charge in [-0.25, -0.2) is 0 Å². The van der Waals surface area contributed by atoms with E-state index >= 15 is 0 Å². The molecule has 0 saturated carbocycles. The van der Waals surface area contributed by atoms with E-state index in [9.17, 15) is 4.79 Å². The number of fused-ring (bicyclic) bond motifs is 1. The van der Waals surface area contributed by atoms with E-state index in [1.54, 1.807) is 0 Å². The highest BCUT2D eigenvalue weighted by molar-refractivity contribution is 5.96. The molecule has 1 spiro atoms. The number of para-hydroxylation sites is 1. The van der Waals surface area contributed by atoms with Gasteiger partial charge in [-0.15, -0.1) is 0 Å². The zero-order valence-electron chi connectivity index (χ0n) is 14.5. The second kappa shape index (κ2) is 6.05. The number of ether oxygens (including phenoxy) is 2. The van der Waals surface area contributed by atoms with Crippen LogP contribution in [-0.2, 0) is 4.74 Å². The molecule has 24 heavy (non-hydrogen) atoms. The van der Waals surface area contributed by atoms with Gasteiger partial charge in [0.2, 0.25) is 0 Å². The van der Waals surface area contributed by atoms with Crippen molar-refractivity contribution < 1.29 is 14.3 Å². The summed E-state index contributed by atoms with van der Waals surface area (Å²) in [7, 11) is 2.16. The van der Waals surface area contributed by atoms with Crippen molar-refractivity contribution in [2.24, 2.45) is 11.8 Å². The third-order valence-corrected chi connectivity index (χ3v) is 5.88. The summed E-state index contributed by atoms with van der Waals surface area (Å²) in [5, 5.41) is 3.13. The molecule has 3 aliphatic heterocycles. The smallest absolute Gasteiger partial charge is 0.255 e. The van der Waals surface area contributed by atoms with Gasteiger partial charge < -0.3 is 19.7 Å². The summed E-state index contributed by atoms with van der Waals surface area (Å²) in [6, 6.07) is 7.44. The first-order chi connectivity index (χ1) is 11.6. The minimum Gasteiger partial charge on any atom is -0.493 e. The van der Waals surface area contributed by atoms with Crippen LogP contribution in [0.5, 0.6) is 5.75 Å². The maximum absolute atomic E-state index is 12.6. The van der Waals surface area contributed by atoms with Gasteiger partial charge >= 0.3 is 0 Å². The van der Waals surface area contributed by atoms with Crippen LogP contribution in [-0.4, -0.2) is 55.8 Å². The van der Waals surface area contributed by atoms with Crippen LogP contribution < -0.4 is 10.1 Å². The standard InChI is InChI=1S/C19H26N2O3/c1-3-23-16-7-5-4-6-13(16)18(22)20-10-14-15-11-21(2)12-19(15)9-8-17(14)24-19/h4-7,14-15,17H,3,8-12H2,1-2H3,(H,20,22)/t14-,15+,17+,19+/m0/s1. The fourth-order valence-corrected chi connectivity index (χ4v) is 4.94. The molecule has 3 saturated heterocycles. The molecule has 4 rings (SSSR count). The predicted octanol–water partition coefficient (Wildman–Crippen LogP) is 1.92. The number of likely N-dealkylation sites (N-methyl/N-ethyl adjacent to an activating group) is 1. The normalized spacial score (nSPS) is 34.3. The quantitative estimate of drug-likeness (QED) is 0.896. The number of hydrogen-bond acceptors (Lipinski definition) is 4. The zero-order chi connectivity index (χ0) is 16.7. The van der Waals surface area contributed by atoms with Gasteiger partial charge in [0.15, 0.2) is 0 Å². The van der Waals surface area contributed by atoms with Gasteiger partial charge in [0, 0.05) is 31.5 Å². The minimum absolute atomic E-state index is 0.0535. The fourth-order valence-electron chi connectivity index (χ4n) is 4.94. The van der Waals surface area contributed by atoms with Crippen LogP contribution in [0.2, 0.25) is 0 Å². The van der Waals surface area contributed by atoms with Gasteiger partial charge in [0.25, 0.3) is 5.91 Å². The number of hydrogen-bond donors (Lipinski definition) is 1. The average molecular weight is 330 g/mol. The van der Waals surface area contributed by atoms with E-state index in [1.165, 1.54) is 6.42 Å². The molecule has 0 aromatic heterocycles. The molecule has 2 bridgehead atoms. The summed E-state index contributed by atoms with van der Waals surface area (Å²) in [4.78, 5) is 15.0. The van der Waals surface area contributed by atoms with Gasteiger partial charge in [0.1, 0.15) is 5.75 Å². The highest BCUT2D eigenvalue weighted by Gasteiger charge is 2.62. The Labute approximate surface area is 143 Å². The topological polar surface area (TPSA) is 50.8 Å². The maximum Gasteiger partial charge on any atom is 0.255 e. The second-order valence-electron chi connectivity index (χ2n) is 7.37. The number of carbonyl (C=O) groups excluding carboxylic acids is 1. The molecule has 3 aliphatic rings. The Hall–Kier alpha value is -1.59. The Morgan fingerprint density at radius 2 is 2.29 bits per heavy atom. The lowest BCUT2D eigenvalue weighted by atomic mass is 9.73. The molecule has 0 unspecified atom stereocenters. The van der Waals surface area contributed by atoms with Gasteiger partial charge in [-0.1, -0.05) is 12.1 Å². The zero-order valence-corrected chi connectivity index (χ0v) is 14.5. The molecule has 1 aromatic carbocycles. The first-order valence-corrected chi connectivity index (χ1v) is 8.99. The molecule has 130 valence electrons. The van der Waals surface area contributed by atoms with Crippen LogP contribution in [0.3, 0.4) is 0 Å². The van der Waals surface area contributed by atoms with Crippen molar-refractivity contribution in [1.29, 1.82) is 0 Å². The lowest BCUT2D eigenvalue weighted by molar-refractivity contribution is 0.00472. The molecule has 5 nitrogen and oxygen atoms in total. The number of nitrogens with one attached hydrogen (secondary N) is 1. The molecule has 0 radical (unpaired) electrons. The maximum atomic E-state index is 12.6. The summed E-state index contributed by atoms with van der Waals surface area (Å²) in [6.45, 7) is 5.28. The van der Waals surface area contributed by atoms with Crippen LogP contribution in [0.25, 0.3) is 0 Å². The third-order valence-electron chi connectivity index (χ3n) is 5.88. The van der Waals surface area contributed by atoms with Crippen LogP contribution >= 0.6 is 0 Å². The van der Waals surface area contributed by atoms with Crippen molar-refractivity contribution in [2.75, 3.05) is 33.3 Å².